The molecule has 2 aliphatic rings. The minimum atomic E-state index is -0.998. The number of carboxylic acid groups (broad SMARTS) is 1. The maximum atomic E-state index is 13.4. The Balaban J connectivity index is 1.71. The fraction of sp³-hybridized carbons (Fsp3) is 0.625. The van der Waals surface area contributed by atoms with Crippen molar-refractivity contribution < 1.29 is 29.0 Å². The molecule has 2 N–H and O–H groups in total. The Bertz CT molecular complexity index is 793. The zero-order chi connectivity index (χ0) is 23.1. The smallest absolute Gasteiger partial charge is 0.327 e. The predicted molar refractivity (Wildman–Crippen MR) is 118 cm³/mol. The van der Waals surface area contributed by atoms with Crippen molar-refractivity contribution >= 4 is 17.8 Å². The molecule has 8 nitrogen and oxygen atoms in total. The number of amides is 1. The van der Waals surface area contributed by atoms with Crippen molar-refractivity contribution in [2.24, 2.45) is 5.41 Å². The maximum absolute atomic E-state index is 13.4. The van der Waals surface area contributed by atoms with Gasteiger partial charge in [0.05, 0.1) is 19.3 Å². The van der Waals surface area contributed by atoms with Gasteiger partial charge in [-0.25, -0.2) is 4.79 Å². The minimum Gasteiger partial charge on any atom is -0.480 e. The van der Waals surface area contributed by atoms with Crippen LogP contribution in [0.25, 0.3) is 0 Å². The summed E-state index contributed by atoms with van der Waals surface area (Å²) in [5, 5.41) is 13.1. The third kappa shape index (κ3) is 5.48. The van der Waals surface area contributed by atoms with Gasteiger partial charge >= 0.3 is 11.9 Å². The molecule has 0 aromatic heterocycles. The standard InChI is InChI=1S/C24H34N2O6/c1-3-32-23(30)19(11-10-18-8-5-4-6-9-18)25-17(2)21(27)26-14-7-12-24(13-15-31-16-24)20(26)22(28)29/h4-6,8-9,17,19-20,25H,3,7,10-16H2,1-2H3,(H,28,29)/t17?,19-,20+,24?/m0/s1. The first-order valence-corrected chi connectivity index (χ1v) is 11.5. The van der Waals surface area contributed by atoms with Crippen molar-refractivity contribution in [3.8, 4) is 0 Å². The Hall–Kier alpha value is -2.45. The van der Waals surface area contributed by atoms with Crippen LogP contribution >= 0.6 is 0 Å². The highest BCUT2D eigenvalue weighted by atomic mass is 16.5. The van der Waals surface area contributed by atoms with E-state index in [-0.39, 0.29) is 12.5 Å². The molecule has 4 atom stereocenters. The molecule has 32 heavy (non-hydrogen) atoms. The van der Waals surface area contributed by atoms with Crippen LogP contribution in [-0.2, 0) is 30.3 Å². The van der Waals surface area contributed by atoms with Crippen molar-refractivity contribution in [1.82, 2.24) is 10.2 Å². The highest BCUT2D eigenvalue weighted by molar-refractivity contribution is 5.88. The van der Waals surface area contributed by atoms with Gasteiger partial charge in [-0.2, -0.15) is 0 Å². The van der Waals surface area contributed by atoms with Crippen LogP contribution in [0.3, 0.4) is 0 Å². The number of likely N-dealkylation sites (tertiary alicyclic amines) is 1. The molecule has 1 aromatic carbocycles. The lowest BCUT2D eigenvalue weighted by atomic mass is 9.72. The molecule has 0 radical (unpaired) electrons. The molecule has 2 saturated heterocycles. The molecule has 3 rings (SSSR count). The van der Waals surface area contributed by atoms with Crippen molar-refractivity contribution in [2.75, 3.05) is 26.4 Å². The van der Waals surface area contributed by atoms with Gasteiger partial charge in [0, 0.05) is 18.6 Å². The minimum absolute atomic E-state index is 0.250. The number of ether oxygens (including phenoxy) is 2. The van der Waals surface area contributed by atoms with E-state index >= 15 is 0 Å². The van der Waals surface area contributed by atoms with Gasteiger partial charge in [-0.15, -0.1) is 0 Å². The Labute approximate surface area is 189 Å². The van der Waals surface area contributed by atoms with Crippen LogP contribution in [0.2, 0.25) is 0 Å². The molecule has 176 valence electrons. The molecule has 1 spiro atoms. The van der Waals surface area contributed by atoms with E-state index in [1.165, 1.54) is 4.90 Å². The maximum Gasteiger partial charge on any atom is 0.327 e. The van der Waals surface area contributed by atoms with E-state index in [9.17, 15) is 19.5 Å². The topological polar surface area (TPSA) is 105 Å². The molecule has 0 aliphatic carbocycles. The molecule has 2 aliphatic heterocycles. The summed E-state index contributed by atoms with van der Waals surface area (Å²) in [5.74, 6) is -1.71. The van der Waals surface area contributed by atoms with Crippen molar-refractivity contribution in [2.45, 2.75) is 64.1 Å². The molecule has 2 heterocycles. The quantitative estimate of drug-likeness (QED) is 0.559. The molecule has 1 amide bonds. The normalized spacial score (nSPS) is 24.8. The summed E-state index contributed by atoms with van der Waals surface area (Å²) >= 11 is 0. The number of nitrogens with one attached hydrogen (secondary N) is 1. The largest absolute Gasteiger partial charge is 0.480 e. The molecule has 1 aromatic rings. The Morgan fingerprint density at radius 2 is 2.03 bits per heavy atom. The van der Waals surface area contributed by atoms with E-state index in [0.717, 1.165) is 18.4 Å². The zero-order valence-electron chi connectivity index (χ0n) is 18.9. The van der Waals surface area contributed by atoms with Crippen LogP contribution in [0.15, 0.2) is 30.3 Å². The highest BCUT2D eigenvalue weighted by Crippen LogP contribution is 2.43. The number of aryl methyl sites for hydroxylation is 1. The number of aliphatic carboxylic acids is 1. The monoisotopic (exact) mass is 446 g/mol. The number of carbonyl (C=O) groups excluding carboxylic acids is 2. The van der Waals surface area contributed by atoms with Gasteiger partial charge in [0.25, 0.3) is 0 Å². The molecule has 0 bridgehead atoms. The fourth-order valence-electron chi connectivity index (χ4n) is 4.96. The van der Waals surface area contributed by atoms with Crippen LogP contribution in [0, 0.1) is 5.41 Å². The van der Waals surface area contributed by atoms with Crippen molar-refractivity contribution in [1.29, 1.82) is 0 Å². The van der Waals surface area contributed by atoms with E-state index in [2.05, 4.69) is 5.32 Å². The fourth-order valence-corrected chi connectivity index (χ4v) is 4.96. The number of benzene rings is 1. The summed E-state index contributed by atoms with van der Waals surface area (Å²) in [6.07, 6.45) is 3.23. The van der Waals surface area contributed by atoms with E-state index in [0.29, 0.717) is 39.0 Å². The molecular weight excluding hydrogens is 412 g/mol. The van der Waals surface area contributed by atoms with Gasteiger partial charge in [-0.05, 0) is 51.5 Å². The molecule has 2 fully saturated rings. The summed E-state index contributed by atoms with van der Waals surface area (Å²) in [4.78, 5) is 39.6. The van der Waals surface area contributed by atoms with Crippen LogP contribution in [0.5, 0.6) is 0 Å². The Morgan fingerprint density at radius 1 is 1.28 bits per heavy atom. The third-order valence-electron chi connectivity index (χ3n) is 6.57. The summed E-state index contributed by atoms with van der Waals surface area (Å²) < 4.78 is 10.7. The highest BCUT2D eigenvalue weighted by Gasteiger charge is 2.52. The number of rotatable bonds is 9. The summed E-state index contributed by atoms with van der Waals surface area (Å²) in [6.45, 7) is 4.94. The SMILES string of the molecule is CCOC(=O)[C@H](CCc1ccccc1)NC(C)C(=O)N1CCCC2(CCOC2)[C@H]1C(=O)O. The second kappa shape index (κ2) is 10.9. The Morgan fingerprint density at radius 3 is 2.66 bits per heavy atom. The molecular formula is C24H34N2O6. The summed E-state index contributed by atoms with van der Waals surface area (Å²) in [6, 6.07) is 7.51. The number of carbonyl (C=O) groups is 3. The number of hydrogen-bond donors (Lipinski definition) is 2. The van der Waals surface area contributed by atoms with E-state index < -0.39 is 35.5 Å². The number of carboxylic acids is 1. The second-order valence-corrected chi connectivity index (χ2v) is 8.76. The second-order valence-electron chi connectivity index (χ2n) is 8.76. The van der Waals surface area contributed by atoms with Crippen LogP contribution in [-0.4, -0.2) is 72.3 Å². The van der Waals surface area contributed by atoms with Crippen molar-refractivity contribution in [3.63, 3.8) is 0 Å². The average Bonchev–Trinajstić information content (AvgIpc) is 3.24. The van der Waals surface area contributed by atoms with Crippen LogP contribution < -0.4 is 5.32 Å². The lowest BCUT2D eigenvalue weighted by molar-refractivity contribution is -0.161. The first-order valence-electron chi connectivity index (χ1n) is 11.5. The first-order chi connectivity index (χ1) is 15.4. The predicted octanol–water partition coefficient (Wildman–Crippen LogP) is 2.01. The van der Waals surface area contributed by atoms with Crippen LogP contribution in [0.4, 0.5) is 0 Å². The van der Waals surface area contributed by atoms with Gasteiger partial charge in [0.15, 0.2) is 0 Å². The summed E-state index contributed by atoms with van der Waals surface area (Å²) in [7, 11) is 0. The first kappa shape index (κ1) is 24.2. The third-order valence-corrected chi connectivity index (χ3v) is 6.57. The Kier molecular flexibility index (Phi) is 8.26. The van der Waals surface area contributed by atoms with E-state index in [1.54, 1.807) is 13.8 Å². The molecule has 8 heteroatoms. The lowest BCUT2D eigenvalue weighted by Crippen LogP contribution is -2.62. The van der Waals surface area contributed by atoms with Gasteiger partial charge in [-0.3, -0.25) is 14.9 Å². The average molecular weight is 447 g/mol. The van der Waals surface area contributed by atoms with Gasteiger partial charge in [0.2, 0.25) is 5.91 Å². The number of piperidine rings is 1. The van der Waals surface area contributed by atoms with Gasteiger partial charge < -0.3 is 19.5 Å². The number of hydrogen-bond acceptors (Lipinski definition) is 6. The molecule has 0 saturated carbocycles. The molecule has 2 unspecified atom stereocenters. The summed E-state index contributed by atoms with van der Waals surface area (Å²) in [5.41, 5.74) is 0.556. The number of esters is 1. The van der Waals surface area contributed by atoms with Crippen LogP contribution in [0.1, 0.15) is 45.1 Å². The van der Waals surface area contributed by atoms with Crippen molar-refractivity contribution in [3.05, 3.63) is 35.9 Å². The number of nitrogens with zero attached hydrogens (tertiary/aromatic N) is 1. The zero-order valence-corrected chi connectivity index (χ0v) is 18.9. The van der Waals surface area contributed by atoms with Gasteiger partial charge in [0.1, 0.15) is 12.1 Å². The van der Waals surface area contributed by atoms with Gasteiger partial charge in [-0.1, -0.05) is 30.3 Å². The lowest BCUT2D eigenvalue weighted by Gasteiger charge is -2.46. The van der Waals surface area contributed by atoms with E-state index in [4.69, 9.17) is 9.47 Å². The van der Waals surface area contributed by atoms with E-state index in [1.807, 2.05) is 30.3 Å².